The lowest BCUT2D eigenvalue weighted by molar-refractivity contribution is 0.768. The molecule has 2 heterocycles. The van der Waals surface area contributed by atoms with E-state index in [4.69, 9.17) is 11.6 Å². The van der Waals surface area contributed by atoms with Crippen molar-refractivity contribution in [1.29, 1.82) is 0 Å². The molecule has 118 valence electrons. The van der Waals surface area contributed by atoms with Gasteiger partial charge in [0.1, 0.15) is 0 Å². The minimum atomic E-state index is -0.138. The molecule has 5 heteroatoms. The maximum absolute atomic E-state index is 12.3. The Balaban J connectivity index is 1.77. The van der Waals surface area contributed by atoms with Gasteiger partial charge in [-0.25, -0.2) is 0 Å². The standard InChI is InChI=1S/C19H14ClN3O/c1-23-11-15(10-21-23)12-2-4-13(5-3-12)18-8-14-6-7-16(20)9-17(14)19(24)22-18/h2-11H,1H3,(H,22,24). The second-order valence-corrected chi connectivity index (χ2v) is 6.16. The van der Waals surface area contributed by atoms with Crippen molar-refractivity contribution in [2.45, 2.75) is 0 Å². The Morgan fingerprint density at radius 3 is 2.46 bits per heavy atom. The largest absolute Gasteiger partial charge is 0.321 e. The van der Waals surface area contributed by atoms with Crippen molar-refractivity contribution in [3.05, 3.63) is 76.3 Å². The predicted molar refractivity (Wildman–Crippen MR) is 97.2 cm³/mol. The van der Waals surface area contributed by atoms with E-state index in [0.717, 1.165) is 27.8 Å². The van der Waals surface area contributed by atoms with Gasteiger partial charge in [0.15, 0.2) is 0 Å². The molecule has 4 aromatic rings. The Hall–Kier alpha value is -2.85. The first-order valence-corrected chi connectivity index (χ1v) is 7.90. The van der Waals surface area contributed by atoms with Gasteiger partial charge in [-0.05, 0) is 34.7 Å². The Labute approximate surface area is 143 Å². The number of halogens is 1. The SMILES string of the molecule is Cn1cc(-c2ccc(-c3cc4ccc(Cl)cc4c(=O)[nH]3)cc2)cn1. The summed E-state index contributed by atoms with van der Waals surface area (Å²) in [6.45, 7) is 0. The van der Waals surface area contributed by atoms with Crippen LogP contribution in [0.25, 0.3) is 33.2 Å². The topological polar surface area (TPSA) is 50.7 Å². The van der Waals surface area contributed by atoms with E-state index in [-0.39, 0.29) is 5.56 Å². The number of aryl methyl sites for hydroxylation is 1. The lowest BCUT2D eigenvalue weighted by Crippen LogP contribution is -2.07. The molecule has 0 amide bonds. The second-order valence-electron chi connectivity index (χ2n) is 5.72. The Morgan fingerprint density at radius 1 is 1.00 bits per heavy atom. The van der Waals surface area contributed by atoms with Crippen molar-refractivity contribution in [2.24, 2.45) is 7.05 Å². The zero-order chi connectivity index (χ0) is 16.7. The molecule has 0 aliphatic heterocycles. The molecule has 0 radical (unpaired) electrons. The van der Waals surface area contributed by atoms with Crippen molar-refractivity contribution in [3.8, 4) is 22.4 Å². The van der Waals surface area contributed by atoms with Crippen LogP contribution in [0.3, 0.4) is 0 Å². The fourth-order valence-corrected chi connectivity index (χ4v) is 2.97. The summed E-state index contributed by atoms with van der Waals surface area (Å²) >= 11 is 5.97. The fourth-order valence-electron chi connectivity index (χ4n) is 2.80. The summed E-state index contributed by atoms with van der Waals surface area (Å²) in [5, 5.41) is 6.21. The van der Waals surface area contributed by atoms with Crippen molar-refractivity contribution < 1.29 is 0 Å². The summed E-state index contributed by atoms with van der Waals surface area (Å²) in [4.78, 5) is 15.2. The van der Waals surface area contributed by atoms with Crippen molar-refractivity contribution in [2.75, 3.05) is 0 Å². The van der Waals surface area contributed by atoms with Gasteiger partial charge >= 0.3 is 0 Å². The average Bonchev–Trinajstić information content (AvgIpc) is 3.02. The molecular weight excluding hydrogens is 322 g/mol. The minimum Gasteiger partial charge on any atom is -0.321 e. The van der Waals surface area contributed by atoms with Crippen LogP contribution < -0.4 is 5.56 Å². The molecule has 0 saturated heterocycles. The summed E-state index contributed by atoms with van der Waals surface area (Å²) < 4.78 is 1.77. The summed E-state index contributed by atoms with van der Waals surface area (Å²) in [5.41, 5.74) is 3.75. The van der Waals surface area contributed by atoms with E-state index in [1.54, 1.807) is 16.8 Å². The maximum atomic E-state index is 12.3. The van der Waals surface area contributed by atoms with Crippen LogP contribution in [-0.2, 0) is 7.05 Å². The van der Waals surface area contributed by atoms with E-state index >= 15 is 0 Å². The third kappa shape index (κ3) is 2.61. The number of fused-ring (bicyclic) bond motifs is 1. The van der Waals surface area contributed by atoms with Crippen LogP contribution in [0.2, 0.25) is 5.02 Å². The van der Waals surface area contributed by atoms with Gasteiger partial charge in [-0.1, -0.05) is 41.9 Å². The van der Waals surface area contributed by atoms with Gasteiger partial charge in [0.2, 0.25) is 0 Å². The zero-order valence-corrected chi connectivity index (χ0v) is 13.7. The first-order chi connectivity index (χ1) is 11.6. The number of hydrogen-bond donors (Lipinski definition) is 1. The molecule has 4 nitrogen and oxygen atoms in total. The average molecular weight is 336 g/mol. The molecule has 4 rings (SSSR count). The van der Waals surface area contributed by atoms with Crippen LogP contribution in [0.15, 0.2) is 65.7 Å². The number of pyridine rings is 1. The summed E-state index contributed by atoms with van der Waals surface area (Å²) in [6.07, 6.45) is 3.80. The van der Waals surface area contributed by atoms with Crippen LogP contribution in [0.4, 0.5) is 0 Å². The molecule has 0 fully saturated rings. The number of H-pyrrole nitrogens is 1. The maximum Gasteiger partial charge on any atom is 0.256 e. The molecule has 1 N–H and O–H groups in total. The van der Waals surface area contributed by atoms with E-state index < -0.39 is 0 Å². The molecule has 0 aliphatic carbocycles. The number of benzene rings is 2. The van der Waals surface area contributed by atoms with E-state index in [1.807, 2.05) is 55.8 Å². The van der Waals surface area contributed by atoms with E-state index in [0.29, 0.717) is 10.4 Å². The van der Waals surface area contributed by atoms with Gasteiger partial charge in [-0.15, -0.1) is 0 Å². The monoisotopic (exact) mass is 335 g/mol. The molecule has 0 bridgehead atoms. The van der Waals surface area contributed by atoms with Gasteiger partial charge in [-0.2, -0.15) is 5.10 Å². The zero-order valence-electron chi connectivity index (χ0n) is 13.0. The molecule has 0 aliphatic rings. The third-order valence-electron chi connectivity index (χ3n) is 4.04. The van der Waals surface area contributed by atoms with Crippen LogP contribution in [-0.4, -0.2) is 14.8 Å². The lowest BCUT2D eigenvalue weighted by atomic mass is 10.0. The molecular formula is C19H14ClN3O. The number of rotatable bonds is 2. The molecule has 0 unspecified atom stereocenters. The van der Waals surface area contributed by atoms with Crippen molar-refractivity contribution >= 4 is 22.4 Å². The highest BCUT2D eigenvalue weighted by atomic mass is 35.5. The normalized spacial score (nSPS) is 11.1. The van der Waals surface area contributed by atoms with Crippen LogP contribution in [0, 0.1) is 0 Å². The summed E-state index contributed by atoms with van der Waals surface area (Å²) in [6, 6.07) is 15.3. The highest BCUT2D eigenvalue weighted by Crippen LogP contribution is 2.25. The minimum absolute atomic E-state index is 0.138. The van der Waals surface area contributed by atoms with Gasteiger partial charge in [0, 0.05) is 34.9 Å². The Morgan fingerprint density at radius 2 is 1.75 bits per heavy atom. The Kier molecular flexibility index (Phi) is 3.47. The fraction of sp³-hybridized carbons (Fsp3) is 0.0526. The predicted octanol–water partition coefficient (Wildman–Crippen LogP) is 4.25. The van der Waals surface area contributed by atoms with Crippen molar-refractivity contribution in [1.82, 2.24) is 14.8 Å². The van der Waals surface area contributed by atoms with Crippen LogP contribution in [0.5, 0.6) is 0 Å². The molecule has 0 atom stereocenters. The molecule has 0 saturated carbocycles. The molecule has 24 heavy (non-hydrogen) atoms. The second kappa shape index (κ2) is 5.65. The van der Waals surface area contributed by atoms with E-state index in [1.165, 1.54) is 0 Å². The van der Waals surface area contributed by atoms with Gasteiger partial charge in [0.25, 0.3) is 5.56 Å². The number of aromatic nitrogens is 3. The quantitative estimate of drug-likeness (QED) is 0.595. The van der Waals surface area contributed by atoms with E-state index in [9.17, 15) is 4.79 Å². The number of aromatic amines is 1. The molecule has 0 spiro atoms. The molecule has 2 aromatic heterocycles. The number of nitrogens with zero attached hydrogens (tertiary/aromatic N) is 2. The number of hydrogen-bond acceptors (Lipinski definition) is 2. The summed E-state index contributed by atoms with van der Waals surface area (Å²) in [5.74, 6) is 0. The van der Waals surface area contributed by atoms with Crippen LogP contribution in [0.1, 0.15) is 0 Å². The first kappa shape index (κ1) is 14.7. The molecule has 2 aromatic carbocycles. The van der Waals surface area contributed by atoms with Gasteiger partial charge < -0.3 is 4.98 Å². The summed E-state index contributed by atoms with van der Waals surface area (Å²) in [7, 11) is 1.89. The highest BCUT2D eigenvalue weighted by molar-refractivity contribution is 6.31. The lowest BCUT2D eigenvalue weighted by Gasteiger charge is -2.06. The number of nitrogens with one attached hydrogen (secondary N) is 1. The van der Waals surface area contributed by atoms with Crippen molar-refractivity contribution in [3.63, 3.8) is 0 Å². The smallest absolute Gasteiger partial charge is 0.256 e. The first-order valence-electron chi connectivity index (χ1n) is 7.52. The third-order valence-corrected chi connectivity index (χ3v) is 4.28. The van der Waals surface area contributed by atoms with Gasteiger partial charge in [-0.3, -0.25) is 9.48 Å². The van der Waals surface area contributed by atoms with E-state index in [2.05, 4.69) is 10.1 Å². The van der Waals surface area contributed by atoms with Gasteiger partial charge in [0.05, 0.1) is 6.20 Å². The highest BCUT2D eigenvalue weighted by Gasteiger charge is 2.06. The van der Waals surface area contributed by atoms with Crippen LogP contribution >= 0.6 is 11.6 Å². The Bertz CT molecular complexity index is 1090.